The Bertz CT molecular complexity index is 1410. The van der Waals surface area contributed by atoms with Crippen LogP contribution in [0.5, 0.6) is 0 Å². The zero-order valence-corrected chi connectivity index (χ0v) is 18.7. The van der Waals surface area contributed by atoms with Crippen LogP contribution in [0.15, 0.2) is 97.1 Å². The van der Waals surface area contributed by atoms with Crippen LogP contribution in [0, 0.1) is 5.92 Å². The quantitative estimate of drug-likeness (QED) is 0.319. The summed E-state index contributed by atoms with van der Waals surface area (Å²) in [6, 6.07) is 31.0. The molecule has 7 rings (SSSR count). The lowest BCUT2D eigenvalue weighted by molar-refractivity contribution is 0.617. The third kappa shape index (κ3) is 2.67. The van der Waals surface area contributed by atoms with Gasteiger partial charge in [-0.05, 0) is 48.2 Å². The summed E-state index contributed by atoms with van der Waals surface area (Å²) >= 11 is 0. The molecular formula is C31H26N2. The smallest absolute Gasteiger partial charge is 0.0856 e. The summed E-state index contributed by atoms with van der Waals surface area (Å²) in [7, 11) is 0. The molecule has 3 aliphatic rings. The van der Waals surface area contributed by atoms with Gasteiger partial charge in [0.25, 0.3) is 0 Å². The van der Waals surface area contributed by atoms with Gasteiger partial charge in [-0.25, -0.2) is 0 Å². The minimum absolute atomic E-state index is 0.222. The van der Waals surface area contributed by atoms with Crippen molar-refractivity contribution in [3.8, 4) is 5.69 Å². The molecule has 0 spiro atoms. The average molecular weight is 427 g/mol. The van der Waals surface area contributed by atoms with E-state index in [0.29, 0.717) is 11.8 Å². The van der Waals surface area contributed by atoms with E-state index < -0.39 is 0 Å². The first-order valence-electron chi connectivity index (χ1n) is 11.9. The summed E-state index contributed by atoms with van der Waals surface area (Å²) in [5, 5.41) is 0. The predicted molar refractivity (Wildman–Crippen MR) is 137 cm³/mol. The van der Waals surface area contributed by atoms with Crippen LogP contribution in [-0.4, -0.2) is 4.57 Å². The van der Waals surface area contributed by atoms with Crippen molar-refractivity contribution in [3.05, 3.63) is 125 Å². The molecule has 0 saturated heterocycles. The summed E-state index contributed by atoms with van der Waals surface area (Å²) in [6.45, 7) is 2.32. The molecule has 33 heavy (non-hydrogen) atoms. The lowest BCUT2D eigenvalue weighted by Crippen LogP contribution is -2.26. The maximum absolute atomic E-state index is 2.58. The Morgan fingerprint density at radius 2 is 1.36 bits per heavy atom. The summed E-state index contributed by atoms with van der Waals surface area (Å²) < 4.78 is 2.58. The van der Waals surface area contributed by atoms with E-state index in [1.165, 1.54) is 45.1 Å². The molecule has 160 valence electrons. The molecule has 0 amide bonds. The molecule has 2 aliphatic carbocycles. The molecule has 3 atom stereocenters. The van der Waals surface area contributed by atoms with Crippen molar-refractivity contribution >= 4 is 23.5 Å². The fraction of sp³-hybridized carbons (Fsp3) is 0.161. The molecule has 3 unspecified atom stereocenters. The molecule has 0 radical (unpaired) electrons. The van der Waals surface area contributed by atoms with Crippen LogP contribution in [0.3, 0.4) is 0 Å². The van der Waals surface area contributed by atoms with Crippen molar-refractivity contribution < 1.29 is 0 Å². The van der Waals surface area contributed by atoms with Crippen LogP contribution in [0.1, 0.15) is 47.0 Å². The SMILES string of the molecule is CC1C=Cc2c3c(n(-c4ccccc4)c2C1)C1C(C=C3)c2ccccc2N1c1ccccc1. The van der Waals surface area contributed by atoms with Gasteiger partial charge in [0.05, 0.1) is 11.7 Å². The Kier molecular flexibility index (Phi) is 4.04. The third-order valence-electron chi connectivity index (χ3n) is 7.47. The number of hydrogen-bond acceptors (Lipinski definition) is 1. The molecule has 0 N–H and O–H groups in total. The van der Waals surface area contributed by atoms with E-state index in [0.717, 1.165) is 6.42 Å². The number of allylic oxidation sites excluding steroid dienone is 1. The Morgan fingerprint density at radius 1 is 0.697 bits per heavy atom. The minimum Gasteiger partial charge on any atom is -0.331 e. The van der Waals surface area contributed by atoms with Crippen LogP contribution in [0.4, 0.5) is 11.4 Å². The Labute approximate surface area is 195 Å². The van der Waals surface area contributed by atoms with Crippen LogP contribution in [-0.2, 0) is 6.42 Å². The molecule has 0 bridgehead atoms. The predicted octanol–water partition coefficient (Wildman–Crippen LogP) is 7.69. The van der Waals surface area contributed by atoms with E-state index in [2.05, 4.69) is 126 Å². The van der Waals surface area contributed by atoms with Crippen LogP contribution >= 0.6 is 0 Å². The number of aromatic nitrogens is 1. The number of para-hydroxylation sites is 3. The first-order valence-corrected chi connectivity index (χ1v) is 11.9. The highest BCUT2D eigenvalue weighted by Crippen LogP contribution is 2.57. The Balaban J connectivity index is 1.54. The highest BCUT2D eigenvalue weighted by Gasteiger charge is 2.44. The van der Waals surface area contributed by atoms with Crippen molar-refractivity contribution in [2.75, 3.05) is 4.90 Å². The minimum atomic E-state index is 0.222. The average Bonchev–Trinajstić information content (AvgIpc) is 3.37. The lowest BCUT2D eigenvalue weighted by atomic mass is 9.84. The van der Waals surface area contributed by atoms with Gasteiger partial charge in [-0.2, -0.15) is 0 Å². The first-order chi connectivity index (χ1) is 16.3. The Hall–Kier alpha value is -3.78. The number of fused-ring (bicyclic) bond motifs is 7. The van der Waals surface area contributed by atoms with Gasteiger partial charge in [0.2, 0.25) is 0 Å². The summed E-state index contributed by atoms with van der Waals surface area (Å²) in [6.07, 6.45) is 10.6. The highest BCUT2D eigenvalue weighted by molar-refractivity contribution is 5.82. The van der Waals surface area contributed by atoms with Gasteiger partial charge < -0.3 is 9.47 Å². The standard InChI is InChI=1S/C31H26N2/c1-21-16-17-25-27-19-18-26-24-14-8-9-15-28(24)32(22-10-4-2-5-11-22)30(26)31(27)33(29(25)20-21)23-12-6-3-7-13-23/h2-19,21,26,30H,20H2,1H3. The van der Waals surface area contributed by atoms with Crippen LogP contribution < -0.4 is 4.90 Å². The van der Waals surface area contributed by atoms with Gasteiger partial charge in [-0.1, -0.05) is 85.8 Å². The van der Waals surface area contributed by atoms with E-state index in [4.69, 9.17) is 0 Å². The second-order valence-electron chi connectivity index (χ2n) is 9.46. The molecule has 0 fully saturated rings. The second kappa shape index (κ2) is 7.11. The van der Waals surface area contributed by atoms with Gasteiger partial charge in [0.1, 0.15) is 0 Å². The van der Waals surface area contributed by atoms with E-state index in [1.54, 1.807) is 0 Å². The van der Waals surface area contributed by atoms with Gasteiger partial charge >= 0.3 is 0 Å². The maximum Gasteiger partial charge on any atom is 0.0856 e. The van der Waals surface area contributed by atoms with E-state index in [-0.39, 0.29) is 6.04 Å². The summed E-state index contributed by atoms with van der Waals surface area (Å²) in [5.41, 5.74) is 10.9. The fourth-order valence-corrected chi connectivity index (χ4v) is 6.10. The van der Waals surface area contributed by atoms with Gasteiger partial charge in [0, 0.05) is 39.8 Å². The number of anilines is 2. The highest BCUT2D eigenvalue weighted by atomic mass is 15.2. The molecule has 3 aromatic carbocycles. The number of rotatable bonds is 2. The van der Waals surface area contributed by atoms with Crippen molar-refractivity contribution in [2.45, 2.75) is 25.3 Å². The molecule has 2 heteroatoms. The Morgan fingerprint density at radius 3 is 2.15 bits per heavy atom. The molecule has 2 nitrogen and oxygen atoms in total. The number of benzene rings is 3. The first kappa shape index (κ1) is 18.8. The van der Waals surface area contributed by atoms with Crippen molar-refractivity contribution in [1.82, 2.24) is 4.57 Å². The van der Waals surface area contributed by atoms with E-state index >= 15 is 0 Å². The second-order valence-corrected chi connectivity index (χ2v) is 9.46. The largest absolute Gasteiger partial charge is 0.331 e. The lowest BCUT2D eigenvalue weighted by Gasteiger charge is -2.33. The number of nitrogens with zero attached hydrogens (tertiary/aromatic N) is 2. The van der Waals surface area contributed by atoms with Crippen molar-refractivity contribution in [1.29, 1.82) is 0 Å². The molecular weight excluding hydrogens is 400 g/mol. The fourth-order valence-electron chi connectivity index (χ4n) is 6.10. The maximum atomic E-state index is 2.58. The van der Waals surface area contributed by atoms with Gasteiger partial charge in [-0.3, -0.25) is 0 Å². The van der Waals surface area contributed by atoms with E-state index in [1.807, 2.05) is 0 Å². The molecule has 2 heterocycles. The van der Waals surface area contributed by atoms with Crippen LogP contribution in [0.2, 0.25) is 0 Å². The van der Waals surface area contributed by atoms with Gasteiger partial charge in [0.15, 0.2) is 0 Å². The van der Waals surface area contributed by atoms with Gasteiger partial charge in [-0.15, -0.1) is 0 Å². The molecule has 4 aromatic rings. The normalized spacial score (nSPS) is 22.0. The summed E-state index contributed by atoms with van der Waals surface area (Å²) in [5.74, 6) is 0.871. The zero-order chi connectivity index (χ0) is 21.9. The van der Waals surface area contributed by atoms with Crippen molar-refractivity contribution in [2.24, 2.45) is 5.92 Å². The molecule has 1 aromatic heterocycles. The van der Waals surface area contributed by atoms with Crippen molar-refractivity contribution in [3.63, 3.8) is 0 Å². The van der Waals surface area contributed by atoms with E-state index in [9.17, 15) is 0 Å². The molecule has 1 aliphatic heterocycles. The molecule has 0 saturated carbocycles. The topological polar surface area (TPSA) is 8.17 Å². The monoisotopic (exact) mass is 426 g/mol. The third-order valence-corrected chi connectivity index (χ3v) is 7.47. The van der Waals surface area contributed by atoms with Crippen LogP contribution in [0.25, 0.3) is 17.8 Å². The summed E-state index contributed by atoms with van der Waals surface area (Å²) in [4.78, 5) is 2.57. The zero-order valence-electron chi connectivity index (χ0n) is 18.7. The number of hydrogen-bond donors (Lipinski definition) is 0.